The van der Waals surface area contributed by atoms with Crippen LogP contribution in [0.25, 0.3) is 10.8 Å². The zero-order chi connectivity index (χ0) is 24.7. The van der Waals surface area contributed by atoms with Gasteiger partial charge in [0.05, 0.1) is 11.2 Å². The first-order chi connectivity index (χ1) is 17.4. The van der Waals surface area contributed by atoms with Gasteiger partial charge in [0.15, 0.2) is 0 Å². The molecule has 0 N–H and O–H groups in total. The molecule has 0 amide bonds. The molecule has 6 atom stereocenters. The number of aromatic nitrogens is 1. The summed E-state index contributed by atoms with van der Waals surface area (Å²) in [7, 11) is 0. The van der Waals surface area contributed by atoms with E-state index in [-0.39, 0.29) is 16.6 Å². The van der Waals surface area contributed by atoms with E-state index in [1.54, 1.807) is 5.57 Å². The molecule has 1 saturated heterocycles. The number of hydrogen-bond donors (Lipinski definition) is 0. The summed E-state index contributed by atoms with van der Waals surface area (Å²) in [5.74, 6) is 1.19. The van der Waals surface area contributed by atoms with Gasteiger partial charge in [0.1, 0.15) is 0 Å². The van der Waals surface area contributed by atoms with Gasteiger partial charge in [-0.2, -0.15) is 0 Å². The van der Waals surface area contributed by atoms with Crippen LogP contribution in [0, 0.1) is 11.3 Å². The highest BCUT2D eigenvalue weighted by atomic mass is 16.5. The van der Waals surface area contributed by atoms with Gasteiger partial charge >= 0.3 is 0 Å². The summed E-state index contributed by atoms with van der Waals surface area (Å²) < 4.78 is 7.55. The van der Waals surface area contributed by atoms with Crippen LogP contribution in [0.15, 0.2) is 60.0 Å². The van der Waals surface area contributed by atoms with E-state index in [1.165, 1.54) is 73.3 Å². The van der Waals surface area contributed by atoms with Gasteiger partial charge in [-0.3, -0.25) is 9.88 Å². The number of pyridine rings is 1. The second-order valence-electron chi connectivity index (χ2n) is 13.0. The lowest BCUT2D eigenvalue weighted by molar-refractivity contribution is -0.141. The maximum absolute atomic E-state index is 7.55. The summed E-state index contributed by atoms with van der Waals surface area (Å²) in [6.45, 7) is 10.8. The average Bonchev–Trinajstić information content (AvgIpc) is 3.39. The van der Waals surface area contributed by atoms with Gasteiger partial charge in [-0.25, -0.2) is 0 Å². The third-order valence-electron chi connectivity index (χ3n) is 11.2. The lowest BCUT2D eigenvalue weighted by Crippen LogP contribution is -2.56. The Labute approximate surface area is 217 Å². The molecule has 7 rings (SSSR count). The van der Waals surface area contributed by atoms with Crippen LogP contribution in [0.2, 0.25) is 0 Å². The van der Waals surface area contributed by atoms with Gasteiger partial charge in [0, 0.05) is 29.9 Å². The minimum atomic E-state index is -0.0690. The number of hydrogen-bond acceptors (Lipinski definition) is 3. The van der Waals surface area contributed by atoms with Crippen molar-refractivity contribution in [2.45, 2.75) is 108 Å². The molecule has 0 radical (unpaired) electrons. The van der Waals surface area contributed by atoms with Crippen LogP contribution in [-0.2, 0) is 4.74 Å². The predicted molar refractivity (Wildman–Crippen MR) is 147 cm³/mol. The summed E-state index contributed by atoms with van der Waals surface area (Å²) in [5, 5.41) is 2.56. The van der Waals surface area contributed by atoms with Crippen molar-refractivity contribution >= 4 is 10.8 Å². The van der Waals surface area contributed by atoms with Crippen molar-refractivity contribution in [1.82, 2.24) is 9.88 Å². The zero-order valence-corrected chi connectivity index (χ0v) is 22.6. The van der Waals surface area contributed by atoms with Crippen molar-refractivity contribution in [2.24, 2.45) is 11.3 Å². The van der Waals surface area contributed by atoms with Crippen LogP contribution < -0.4 is 0 Å². The lowest BCUT2D eigenvalue weighted by atomic mass is 9.58. The van der Waals surface area contributed by atoms with Crippen LogP contribution >= 0.6 is 0 Å². The average molecular weight is 483 g/mol. The van der Waals surface area contributed by atoms with E-state index >= 15 is 0 Å². The quantitative estimate of drug-likeness (QED) is 0.449. The van der Waals surface area contributed by atoms with Gasteiger partial charge < -0.3 is 4.74 Å². The van der Waals surface area contributed by atoms with E-state index in [2.05, 4.69) is 74.0 Å². The Kier molecular flexibility index (Phi) is 5.16. The Morgan fingerprint density at radius 1 is 1.11 bits per heavy atom. The monoisotopic (exact) mass is 482 g/mol. The number of fused-ring (bicyclic) bond motifs is 2. The second kappa shape index (κ2) is 8.01. The molecule has 1 aromatic heterocycles. The largest absolute Gasteiger partial charge is 0.359 e. The standard InChI is InChI=1S/C33H42N2O/c1-5-35(22(2)3)28-9-8-26-19-27-12-14-31(4)29(24-7-6-23-13-17-34-21-25(23)18-24)10-11-30(31)33(27)16-15-32(26,20-28)36-33/h6-7,12-13,17-19,21-22,28-30H,5,8-11,14-16,20H2,1-4H3/t28-,29?,30-,31?,32-,33-/m1/s1. The van der Waals surface area contributed by atoms with Crippen molar-refractivity contribution in [1.29, 1.82) is 0 Å². The minimum Gasteiger partial charge on any atom is -0.359 e. The number of ether oxygens (including phenoxy) is 1. The second-order valence-corrected chi connectivity index (χ2v) is 13.0. The third kappa shape index (κ3) is 3.08. The highest BCUT2D eigenvalue weighted by Gasteiger charge is 2.66. The maximum atomic E-state index is 7.55. The smallest absolute Gasteiger partial charge is 0.0974 e. The van der Waals surface area contributed by atoms with E-state index < -0.39 is 0 Å². The molecule has 5 aliphatic rings. The first-order valence-corrected chi connectivity index (χ1v) is 14.6. The highest BCUT2D eigenvalue weighted by Crippen LogP contribution is 2.69. The molecule has 1 aromatic carbocycles. The van der Waals surface area contributed by atoms with E-state index in [4.69, 9.17) is 4.74 Å². The van der Waals surface area contributed by atoms with Crippen LogP contribution in [-0.4, -0.2) is 39.7 Å². The van der Waals surface area contributed by atoms with Crippen LogP contribution in [0.5, 0.6) is 0 Å². The normalized spacial score (nSPS) is 39.1. The van der Waals surface area contributed by atoms with Gasteiger partial charge in [-0.1, -0.05) is 38.1 Å². The lowest BCUT2D eigenvalue weighted by Gasteiger charge is -2.55. The van der Waals surface area contributed by atoms with Gasteiger partial charge in [-0.15, -0.1) is 0 Å². The van der Waals surface area contributed by atoms with Gasteiger partial charge in [0.25, 0.3) is 0 Å². The molecule has 2 saturated carbocycles. The summed E-state index contributed by atoms with van der Waals surface area (Å²) in [5.41, 5.74) is 4.80. The van der Waals surface area contributed by atoms with E-state index in [9.17, 15) is 0 Å². The number of allylic oxidation sites excluding steroid dienone is 1. The van der Waals surface area contributed by atoms with Crippen molar-refractivity contribution in [3.63, 3.8) is 0 Å². The van der Waals surface area contributed by atoms with Gasteiger partial charge in [0.2, 0.25) is 0 Å². The molecule has 3 aliphatic carbocycles. The predicted octanol–water partition coefficient (Wildman–Crippen LogP) is 7.58. The van der Waals surface area contributed by atoms with E-state index in [1.807, 2.05) is 12.4 Å². The Bertz CT molecular complexity index is 1260. The Balaban J connectivity index is 1.24. The summed E-state index contributed by atoms with van der Waals surface area (Å²) >= 11 is 0. The molecule has 2 bridgehead atoms. The van der Waals surface area contributed by atoms with Crippen LogP contribution in [0.4, 0.5) is 0 Å². The molecule has 190 valence electrons. The summed E-state index contributed by atoms with van der Waals surface area (Å²) in [6, 6.07) is 10.5. The molecule has 3 heteroatoms. The molecule has 3 heterocycles. The topological polar surface area (TPSA) is 25.4 Å². The van der Waals surface area contributed by atoms with Crippen molar-refractivity contribution in [3.05, 3.63) is 65.5 Å². The Morgan fingerprint density at radius 3 is 2.83 bits per heavy atom. The molecule has 3 nitrogen and oxygen atoms in total. The fourth-order valence-corrected chi connectivity index (χ4v) is 9.58. The minimum absolute atomic E-state index is 0.0203. The molecular weight excluding hydrogens is 440 g/mol. The zero-order valence-electron chi connectivity index (χ0n) is 22.6. The Hall–Kier alpha value is -1.97. The molecule has 2 spiro atoms. The molecular formula is C33H42N2O. The number of rotatable bonds is 4. The fraction of sp³-hybridized carbons (Fsp3) is 0.606. The molecule has 2 aromatic rings. The van der Waals surface area contributed by atoms with Crippen molar-refractivity contribution in [2.75, 3.05) is 6.54 Å². The summed E-state index contributed by atoms with van der Waals surface area (Å²) in [4.78, 5) is 7.12. The van der Waals surface area contributed by atoms with Crippen LogP contribution in [0.1, 0.15) is 90.5 Å². The molecule has 2 unspecified atom stereocenters. The SMILES string of the molecule is CCN(C(C)C)[C@@H]1CCC2=CC3=CCC4(C)C(c5ccc6ccncc6c5)CC[C@H]4[C@@]34CC[C@]2(C1)O4. The van der Waals surface area contributed by atoms with Gasteiger partial charge in [-0.05, 0) is 123 Å². The Morgan fingerprint density at radius 2 is 2.00 bits per heavy atom. The number of benzene rings is 1. The first kappa shape index (κ1) is 23.2. The third-order valence-corrected chi connectivity index (χ3v) is 11.2. The van der Waals surface area contributed by atoms with Crippen molar-refractivity contribution in [3.8, 4) is 0 Å². The maximum Gasteiger partial charge on any atom is 0.0974 e. The van der Waals surface area contributed by atoms with Crippen molar-refractivity contribution < 1.29 is 4.74 Å². The van der Waals surface area contributed by atoms with E-state index in [0.29, 0.717) is 23.9 Å². The molecule has 3 fully saturated rings. The fourth-order valence-electron chi connectivity index (χ4n) is 9.58. The first-order valence-electron chi connectivity index (χ1n) is 14.6. The van der Waals surface area contributed by atoms with E-state index in [0.717, 1.165) is 6.54 Å². The molecule has 36 heavy (non-hydrogen) atoms. The highest BCUT2D eigenvalue weighted by molar-refractivity contribution is 5.82. The molecule has 2 aliphatic heterocycles. The summed E-state index contributed by atoms with van der Waals surface area (Å²) in [6.07, 6.45) is 19.0. The van der Waals surface area contributed by atoms with Crippen LogP contribution in [0.3, 0.4) is 0 Å². The number of nitrogens with zero attached hydrogens (tertiary/aromatic N) is 2.